The lowest BCUT2D eigenvalue weighted by atomic mass is 9.80. The average Bonchev–Trinajstić information content (AvgIpc) is 1.55. The van der Waals surface area contributed by atoms with E-state index in [4.69, 9.17) is 46.4 Å². The number of aryl methyl sites for hydroxylation is 1. The molecule has 1 aliphatic rings. The van der Waals surface area contributed by atoms with Crippen molar-refractivity contribution >= 4 is 75.3 Å². The van der Waals surface area contributed by atoms with Gasteiger partial charge in [0.2, 0.25) is 5.91 Å². The van der Waals surface area contributed by atoms with Crippen LogP contribution >= 0.6 is 46.4 Å². The van der Waals surface area contributed by atoms with Gasteiger partial charge >= 0.3 is 24.7 Å². The second kappa shape index (κ2) is 35.9. The number of anilines is 1. The summed E-state index contributed by atoms with van der Waals surface area (Å²) in [5.74, 6) is -2.10. The van der Waals surface area contributed by atoms with Gasteiger partial charge in [0.15, 0.2) is 40.1 Å². The van der Waals surface area contributed by atoms with Crippen molar-refractivity contribution in [2.75, 3.05) is 11.9 Å². The largest absolute Gasteiger partial charge is 0.436 e. The Morgan fingerprint density at radius 3 is 1.35 bits per heavy atom. The van der Waals surface area contributed by atoms with Crippen molar-refractivity contribution in [2.24, 2.45) is 0 Å². The Hall–Kier alpha value is -10.9. The Balaban J connectivity index is 0.000000175. The summed E-state index contributed by atoms with van der Waals surface area (Å²) < 4.78 is 204. The number of carbonyl (C=O) groups is 4. The van der Waals surface area contributed by atoms with Gasteiger partial charge < -0.3 is 9.47 Å². The van der Waals surface area contributed by atoms with Gasteiger partial charge in [0.25, 0.3) is 0 Å². The van der Waals surface area contributed by atoms with Crippen molar-refractivity contribution in [3.05, 3.63) is 252 Å². The van der Waals surface area contributed by atoms with Gasteiger partial charge in [-0.3, -0.25) is 33.2 Å². The smallest absolute Gasteiger partial charge is 0.324 e. The summed E-state index contributed by atoms with van der Waals surface area (Å²) in [4.78, 5) is 54.9. The Bertz CT molecular complexity index is 5440. The van der Waals surface area contributed by atoms with Gasteiger partial charge in [0.05, 0.1) is 103 Å². The summed E-state index contributed by atoms with van der Waals surface area (Å²) in [6.07, 6.45) is -5.36. The Morgan fingerprint density at radius 2 is 0.904 bits per heavy atom. The number of hydrogen-bond donors (Lipinski definition) is 0. The zero-order valence-electron chi connectivity index (χ0n) is 60.7. The fraction of sp³-hybridized carbons (Fsp3) is 0.307. The fourth-order valence-corrected chi connectivity index (χ4v) is 12.5. The topological polar surface area (TPSA) is 214 Å². The number of amides is 1. The highest BCUT2D eigenvalue weighted by atomic mass is 35.5. The first-order valence-electron chi connectivity index (χ1n) is 34.0. The van der Waals surface area contributed by atoms with Crippen LogP contribution in [-0.4, -0.2) is 108 Å². The highest BCUT2D eigenvalue weighted by Crippen LogP contribution is 2.42. The molecule has 13 rings (SSSR count). The third-order valence-corrected chi connectivity index (χ3v) is 19.8. The van der Waals surface area contributed by atoms with Crippen molar-refractivity contribution in [3.63, 3.8) is 0 Å². The van der Waals surface area contributed by atoms with Gasteiger partial charge in [0.1, 0.15) is 42.9 Å². The molecule has 8 aromatic heterocycles. The number of ketones is 3. The van der Waals surface area contributed by atoms with E-state index in [1.54, 1.807) is 55.2 Å². The normalized spacial score (nSPS) is 12.7. The van der Waals surface area contributed by atoms with Crippen molar-refractivity contribution in [3.8, 4) is 22.7 Å². The lowest BCUT2D eigenvalue weighted by Gasteiger charge is -2.27. The van der Waals surface area contributed by atoms with E-state index in [0.717, 1.165) is 56.4 Å². The average molecular weight is 1700 g/mol. The van der Waals surface area contributed by atoms with E-state index in [0.29, 0.717) is 50.5 Å². The number of alkyl halides is 12. The zero-order valence-corrected chi connectivity index (χ0v) is 63.7. The molecule has 0 N–H and O–H groups in total. The Kier molecular flexibility index (Phi) is 27.5. The van der Waals surface area contributed by atoms with Crippen LogP contribution in [0.2, 0.25) is 20.1 Å². The number of imidazole rings is 1. The minimum Gasteiger partial charge on any atom is -0.324 e. The Morgan fingerprint density at radius 1 is 0.487 bits per heavy atom. The van der Waals surface area contributed by atoms with Crippen LogP contribution in [0.15, 0.2) is 140 Å². The molecule has 0 saturated heterocycles. The van der Waals surface area contributed by atoms with Crippen LogP contribution in [0.1, 0.15) is 119 Å². The van der Waals surface area contributed by atoms with Gasteiger partial charge in [-0.05, 0) is 157 Å². The number of likely N-dealkylation sites (N-methyl/N-ethyl adjacent to an activating group) is 1. The summed E-state index contributed by atoms with van der Waals surface area (Å²) in [5.41, 5.74) is 2.28. The molecule has 8 heterocycles. The van der Waals surface area contributed by atoms with Crippen LogP contribution in [0.3, 0.4) is 0 Å². The first-order chi connectivity index (χ1) is 53.4. The molecule has 12 aromatic rings. The lowest BCUT2D eigenvalue weighted by molar-refractivity contribution is -0.142. The molecular weight excluding hydrogens is 1630 g/mol. The molecule has 0 unspecified atom stereocenters. The number of rotatable bonds is 20. The minimum atomic E-state index is -4.71. The van der Waals surface area contributed by atoms with Crippen LogP contribution in [0.5, 0.6) is 0 Å². The summed E-state index contributed by atoms with van der Waals surface area (Å²) in [6.45, 7) is 7.79. The second-order valence-corrected chi connectivity index (χ2v) is 27.7. The summed E-state index contributed by atoms with van der Waals surface area (Å²) >= 11 is 23.1. The first-order valence-corrected chi connectivity index (χ1v) is 35.5. The van der Waals surface area contributed by atoms with Gasteiger partial charge in [-0.1, -0.05) is 60.3 Å². The standard InChI is InChI=1S/C22H22ClF3N4O.C18H15ClF4N4O.C17H14ClF4N5O.C17H13ClF4N4O.CH4/c1-13(29-12-20(22(24,25)26)28-14(29)2)19(31)10-16-11-27-30(21(16)15-4-3-5-15)18-8-6-17(23)7-9-18;1-10-12(8-24-27(10)14-5-3-13(20)4-6-14)7-15(28)9-26-11(2)16(19)17(25-26)18(21,22)23;1-10-15(18)16(17(20,21)22)24-26(10)9-14(28)25(2)13-7-23-27(8-13)12-5-3-11(19)4-6-12;1-10-15(18)16(17(20,21)22)24-25(10)9-14(27)6-11-7-23-26(8-11)13-4-2-12(19)3-5-13;/h6-9,11-13,15H,3-5,10H2,1-2H3;3-6,8H,7,9H2,1-2H3;3-8H,9H2,1-2H3;2-5,7-8H,6,9H2,1H3;1H4/t13-;;;;/m0..../s1. The Labute approximate surface area is 665 Å². The molecule has 0 aliphatic heterocycles. The van der Waals surface area contributed by atoms with E-state index >= 15 is 0 Å². The zero-order chi connectivity index (χ0) is 83.4. The molecule has 40 heteroatoms. The van der Waals surface area contributed by atoms with E-state index in [9.17, 15) is 85.0 Å². The van der Waals surface area contributed by atoms with Crippen LogP contribution in [0.25, 0.3) is 22.7 Å². The van der Waals surface area contributed by atoms with Gasteiger partial charge in [-0.15, -0.1) is 0 Å². The SMILES string of the molecule is C.Cc1c(Cl)c(C(F)(F)F)nn1CC(=O)Cc1cnn(-c2ccc(F)cc2)c1.Cc1c(Cl)c(C(F)(F)F)nn1CC(=O)Cc1cnn(-c2ccc(F)cc2)c1C.Cc1c(Cl)c(C(F)(F)F)nn1CC(=O)N(C)c1cnn(-c2ccc(F)cc2)c1.Cc1nc(C(F)(F)F)cn1[C@@H](C)C(=O)Cc1cnn(-c2ccc(Cl)cc2)c1C1CCC1. The number of nitrogens with zero attached hydrogens (tertiary/aromatic N) is 17. The maximum atomic E-state index is 13.1. The minimum absolute atomic E-state index is 0. The van der Waals surface area contributed by atoms with Crippen LogP contribution in [0, 0.1) is 52.1 Å². The third kappa shape index (κ3) is 21.2. The van der Waals surface area contributed by atoms with Crippen LogP contribution in [-0.2, 0) is 82.8 Å². The fourth-order valence-electron chi connectivity index (χ4n) is 11.6. The molecule has 1 aliphatic carbocycles. The quantitative estimate of drug-likeness (QED) is 0.0652. The third-order valence-electron chi connectivity index (χ3n) is 18.2. The monoisotopic (exact) mass is 1700 g/mol. The van der Waals surface area contributed by atoms with Crippen molar-refractivity contribution in [1.29, 1.82) is 0 Å². The first kappa shape index (κ1) is 88.1. The summed E-state index contributed by atoms with van der Waals surface area (Å²) in [5, 5.41) is 26.2. The number of hydrogen-bond acceptors (Lipinski definition) is 12. The maximum Gasteiger partial charge on any atom is 0.436 e. The van der Waals surface area contributed by atoms with Crippen molar-refractivity contribution in [1.82, 2.24) is 78.0 Å². The van der Waals surface area contributed by atoms with Crippen LogP contribution in [0.4, 0.5) is 71.5 Å². The molecular formula is C75H68Cl4F15N17O4. The van der Waals surface area contributed by atoms with Gasteiger partial charge in [-0.25, -0.2) is 36.9 Å². The van der Waals surface area contributed by atoms with E-state index in [2.05, 4.69) is 40.7 Å². The van der Waals surface area contributed by atoms with Crippen molar-refractivity contribution < 1.29 is 85.0 Å². The molecule has 115 heavy (non-hydrogen) atoms. The maximum absolute atomic E-state index is 13.1. The molecule has 0 radical (unpaired) electrons. The number of benzene rings is 4. The summed E-state index contributed by atoms with van der Waals surface area (Å²) in [7, 11) is 1.46. The molecule has 4 aromatic carbocycles. The molecule has 1 amide bonds. The van der Waals surface area contributed by atoms with Gasteiger partial charge in [0, 0.05) is 66.5 Å². The molecule has 1 atom stereocenters. The van der Waals surface area contributed by atoms with Crippen molar-refractivity contribution in [2.45, 2.75) is 144 Å². The van der Waals surface area contributed by atoms with E-state index in [1.807, 2.05) is 16.8 Å². The molecule has 0 spiro atoms. The molecule has 1 saturated carbocycles. The predicted molar refractivity (Wildman–Crippen MR) is 394 cm³/mol. The van der Waals surface area contributed by atoms with Gasteiger partial charge in [-0.2, -0.15) is 88.4 Å². The number of halogens is 19. The van der Waals surface area contributed by atoms with E-state index in [1.165, 1.54) is 139 Å². The number of aromatic nitrogens is 16. The second-order valence-electron chi connectivity index (χ2n) is 26.1. The lowest BCUT2D eigenvalue weighted by Crippen LogP contribution is -2.30. The molecule has 21 nitrogen and oxygen atoms in total. The summed E-state index contributed by atoms with van der Waals surface area (Å²) in [6, 6.07) is 23.4. The molecule has 1 fully saturated rings. The molecule has 0 bridgehead atoms. The molecule has 610 valence electrons. The van der Waals surface area contributed by atoms with E-state index in [-0.39, 0.29) is 91.7 Å². The van der Waals surface area contributed by atoms with E-state index < -0.39 is 86.9 Å². The number of carbonyl (C=O) groups excluding carboxylic acids is 4. The van der Waals surface area contributed by atoms with Crippen LogP contribution < -0.4 is 4.90 Å². The predicted octanol–water partition coefficient (Wildman–Crippen LogP) is 18.5. The highest BCUT2D eigenvalue weighted by molar-refractivity contribution is 6.32. The highest BCUT2D eigenvalue weighted by Gasteiger charge is 2.42. The number of Topliss-reactive ketones (excluding diaryl/α,β-unsaturated/α-hetero) is 3.